The summed E-state index contributed by atoms with van der Waals surface area (Å²) in [6.07, 6.45) is 0.807. The summed E-state index contributed by atoms with van der Waals surface area (Å²) in [4.78, 5) is 11.2. The predicted molar refractivity (Wildman–Crippen MR) is 53.4 cm³/mol. The summed E-state index contributed by atoms with van der Waals surface area (Å²) in [7, 11) is 3.04. The molecule has 1 rings (SSSR count). The van der Waals surface area contributed by atoms with Crippen LogP contribution >= 0.6 is 0 Å². The highest BCUT2D eigenvalue weighted by Crippen LogP contribution is 2.07. The van der Waals surface area contributed by atoms with Gasteiger partial charge in [-0.2, -0.15) is 0 Å². The number of carbonyl (C=O) groups excluding carboxylic acids is 1. The van der Waals surface area contributed by atoms with Crippen molar-refractivity contribution < 1.29 is 14.3 Å². The highest BCUT2D eigenvalue weighted by atomic mass is 16.5. The number of hydrogen-bond donors (Lipinski definition) is 0. The third-order valence-corrected chi connectivity index (χ3v) is 1.94. The van der Waals surface area contributed by atoms with Crippen LogP contribution in [0.1, 0.15) is 15.9 Å². The lowest BCUT2D eigenvalue weighted by Crippen LogP contribution is -2.02. The van der Waals surface area contributed by atoms with Crippen LogP contribution < -0.4 is 0 Å². The smallest absolute Gasteiger partial charge is 0.337 e. The van der Waals surface area contributed by atoms with Gasteiger partial charge >= 0.3 is 5.97 Å². The second-order valence-corrected chi connectivity index (χ2v) is 2.93. The lowest BCUT2D eigenvalue weighted by molar-refractivity contribution is 0.0600. The number of hydrogen-bond acceptors (Lipinski definition) is 3. The average molecular weight is 194 g/mol. The molecule has 0 unspecified atom stereocenters. The van der Waals surface area contributed by atoms with E-state index in [0.29, 0.717) is 12.2 Å². The quantitative estimate of drug-likeness (QED) is 0.684. The summed E-state index contributed by atoms with van der Waals surface area (Å²) >= 11 is 0. The molecule has 0 aliphatic heterocycles. The molecule has 0 heterocycles. The Morgan fingerprint density at radius 2 is 2.14 bits per heavy atom. The molecule has 3 nitrogen and oxygen atoms in total. The summed E-state index contributed by atoms with van der Waals surface area (Å²) in [5.74, 6) is -0.302. The first-order valence-electron chi connectivity index (χ1n) is 4.44. The van der Waals surface area contributed by atoms with Crippen LogP contribution in [0, 0.1) is 0 Å². The number of ether oxygens (including phenoxy) is 2. The van der Waals surface area contributed by atoms with Crippen molar-refractivity contribution in [2.45, 2.75) is 6.42 Å². The summed E-state index contributed by atoms with van der Waals surface area (Å²) in [5.41, 5.74) is 1.66. The molecule has 1 aromatic carbocycles. The topological polar surface area (TPSA) is 35.5 Å². The maximum absolute atomic E-state index is 11.2. The fourth-order valence-corrected chi connectivity index (χ4v) is 1.19. The molecule has 0 aliphatic carbocycles. The lowest BCUT2D eigenvalue weighted by atomic mass is 10.1. The van der Waals surface area contributed by atoms with Crippen molar-refractivity contribution in [3.63, 3.8) is 0 Å². The van der Waals surface area contributed by atoms with Crippen molar-refractivity contribution in [2.75, 3.05) is 20.8 Å². The van der Waals surface area contributed by atoms with E-state index in [4.69, 9.17) is 4.74 Å². The van der Waals surface area contributed by atoms with E-state index in [2.05, 4.69) is 4.74 Å². The summed E-state index contributed by atoms with van der Waals surface area (Å²) in [5, 5.41) is 0. The Labute approximate surface area is 83.6 Å². The van der Waals surface area contributed by atoms with E-state index < -0.39 is 0 Å². The maximum atomic E-state index is 11.2. The summed E-state index contributed by atoms with van der Waals surface area (Å²) in [6.45, 7) is 0.657. The average Bonchev–Trinajstić information content (AvgIpc) is 2.25. The normalized spacial score (nSPS) is 9.86. The van der Waals surface area contributed by atoms with E-state index in [1.807, 2.05) is 18.2 Å². The van der Waals surface area contributed by atoms with Gasteiger partial charge in [0.2, 0.25) is 0 Å². The van der Waals surface area contributed by atoms with E-state index in [1.165, 1.54) is 7.11 Å². The van der Waals surface area contributed by atoms with Gasteiger partial charge in [0, 0.05) is 7.11 Å². The molecule has 0 saturated carbocycles. The van der Waals surface area contributed by atoms with E-state index in [0.717, 1.165) is 12.0 Å². The van der Waals surface area contributed by atoms with Crippen LogP contribution in [0.25, 0.3) is 0 Å². The van der Waals surface area contributed by atoms with E-state index in [-0.39, 0.29) is 5.97 Å². The number of carbonyl (C=O) groups is 1. The third-order valence-electron chi connectivity index (χ3n) is 1.94. The molecule has 1 aromatic rings. The SMILES string of the molecule is COCCc1cccc(C(=O)OC)c1. The molecule has 0 spiro atoms. The lowest BCUT2D eigenvalue weighted by Gasteiger charge is -2.03. The van der Waals surface area contributed by atoms with Gasteiger partial charge in [0.1, 0.15) is 0 Å². The molecule has 0 radical (unpaired) electrons. The van der Waals surface area contributed by atoms with E-state index in [9.17, 15) is 4.79 Å². The van der Waals surface area contributed by atoms with Crippen LogP contribution in [-0.2, 0) is 15.9 Å². The Bertz CT molecular complexity index is 307. The van der Waals surface area contributed by atoms with Gasteiger partial charge in [0.15, 0.2) is 0 Å². The van der Waals surface area contributed by atoms with Gasteiger partial charge in [0.05, 0.1) is 19.3 Å². The second-order valence-electron chi connectivity index (χ2n) is 2.93. The minimum atomic E-state index is -0.302. The highest BCUT2D eigenvalue weighted by molar-refractivity contribution is 5.89. The zero-order valence-electron chi connectivity index (χ0n) is 8.45. The first-order chi connectivity index (χ1) is 6.77. The van der Waals surface area contributed by atoms with Crippen molar-refractivity contribution in [1.29, 1.82) is 0 Å². The molecule has 0 N–H and O–H groups in total. The largest absolute Gasteiger partial charge is 0.465 e. The molecule has 0 aliphatic rings. The van der Waals surface area contributed by atoms with Gasteiger partial charge in [-0.1, -0.05) is 12.1 Å². The zero-order chi connectivity index (χ0) is 10.4. The summed E-state index contributed by atoms with van der Waals surface area (Å²) in [6, 6.07) is 7.37. The molecular formula is C11H14O3. The monoisotopic (exact) mass is 194 g/mol. The van der Waals surface area contributed by atoms with Crippen LogP contribution in [0.3, 0.4) is 0 Å². The van der Waals surface area contributed by atoms with Crippen molar-refractivity contribution in [3.8, 4) is 0 Å². The second kappa shape index (κ2) is 5.40. The van der Waals surface area contributed by atoms with Gasteiger partial charge < -0.3 is 9.47 Å². The molecule has 0 amide bonds. The highest BCUT2D eigenvalue weighted by Gasteiger charge is 2.04. The van der Waals surface area contributed by atoms with Crippen molar-refractivity contribution >= 4 is 5.97 Å². The number of benzene rings is 1. The number of methoxy groups -OCH3 is 2. The minimum Gasteiger partial charge on any atom is -0.465 e. The Kier molecular flexibility index (Phi) is 4.13. The molecule has 0 aromatic heterocycles. The molecule has 14 heavy (non-hydrogen) atoms. The van der Waals surface area contributed by atoms with Crippen molar-refractivity contribution in [2.24, 2.45) is 0 Å². The maximum Gasteiger partial charge on any atom is 0.337 e. The van der Waals surface area contributed by atoms with Crippen LogP contribution in [0.5, 0.6) is 0 Å². The van der Waals surface area contributed by atoms with Crippen LogP contribution in [0.2, 0.25) is 0 Å². The number of esters is 1. The third kappa shape index (κ3) is 2.85. The van der Waals surface area contributed by atoms with Gasteiger partial charge in [-0.3, -0.25) is 0 Å². The van der Waals surface area contributed by atoms with Crippen LogP contribution in [-0.4, -0.2) is 26.8 Å². The van der Waals surface area contributed by atoms with Gasteiger partial charge in [-0.05, 0) is 24.1 Å². The Hall–Kier alpha value is -1.35. The molecular weight excluding hydrogens is 180 g/mol. The molecule has 76 valence electrons. The van der Waals surface area contributed by atoms with Crippen LogP contribution in [0.4, 0.5) is 0 Å². The van der Waals surface area contributed by atoms with Crippen molar-refractivity contribution in [3.05, 3.63) is 35.4 Å². The Balaban J connectivity index is 2.73. The zero-order valence-corrected chi connectivity index (χ0v) is 8.45. The van der Waals surface area contributed by atoms with Gasteiger partial charge in [-0.25, -0.2) is 4.79 Å². The Morgan fingerprint density at radius 3 is 2.79 bits per heavy atom. The minimum absolute atomic E-state index is 0.302. The molecule has 0 atom stereocenters. The van der Waals surface area contributed by atoms with E-state index >= 15 is 0 Å². The standard InChI is InChI=1S/C11H14O3/c1-13-7-6-9-4-3-5-10(8-9)11(12)14-2/h3-5,8H,6-7H2,1-2H3. The predicted octanol–water partition coefficient (Wildman–Crippen LogP) is 1.66. The Morgan fingerprint density at radius 1 is 1.36 bits per heavy atom. The molecule has 0 saturated heterocycles. The van der Waals surface area contributed by atoms with E-state index in [1.54, 1.807) is 13.2 Å². The van der Waals surface area contributed by atoms with Crippen LogP contribution in [0.15, 0.2) is 24.3 Å². The molecule has 0 bridgehead atoms. The fraction of sp³-hybridized carbons (Fsp3) is 0.364. The first-order valence-corrected chi connectivity index (χ1v) is 4.44. The van der Waals surface area contributed by atoms with Gasteiger partial charge in [-0.15, -0.1) is 0 Å². The first kappa shape index (κ1) is 10.7. The fourth-order valence-electron chi connectivity index (χ4n) is 1.19. The molecule has 0 fully saturated rings. The summed E-state index contributed by atoms with van der Waals surface area (Å²) < 4.78 is 9.58. The molecule has 3 heteroatoms. The van der Waals surface area contributed by atoms with Gasteiger partial charge in [0.25, 0.3) is 0 Å². The van der Waals surface area contributed by atoms with Crippen molar-refractivity contribution in [1.82, 2.24) is 0 Å². The number of rotatable bonds is 4.